The van der Waals surface area contributed by atoms with Gasteiger partial charge in [-0.15, -0.1) is 0 Å². The van der Waals surface area contributed by atoms with Gasteiger partial charge in [0.1, 0.15) is 34.6 Å². The van der Waals surface area contributed by atoms with Gasteiger partial charge in [-0.2, -0.15) is 0 Å². The maximum absolute atomic E-state index is 14.8. The second-order valence-corrected chi connectivity index (χ2v) is 10.3. The van der Waals surface area contributed by atoms with Crippen LogP contribution in [0.3, 0.4) is 0 Å². The van der Waals surface area contributed by atoms with E-state index in [9.17, 15) is 18.0 Å². The molecule has 4 rings (SSSR count). The van der Waals surface area contributed by atoms with E-state index in [-0.39, 0.29) is 29.8 Å². The highest BCUT2D eigenvalue weighted by atomic mass is 79.9. The van der Waals surface area contributed by atoms with Gasteiger partial charge in [0, 0.05) is 34.6 Å². The molecule has 0 amide bonds. The lowest BCUT2D eigenvalue weighted by Gasteiger charge is -2.31. The molecular formula is C24H22BrF3N2O2S. The number of halogens is 4. The van der Waals surface area contributed by atoms with E-state index in [1.807, 2.05) is 4.90 Å². The molecule has 0 N–H and O–H groups in total. The zero-order valence-electron chi connectivity index (χ0n) is 18.3. The lowest BCUT2D eigenvalue weighted by molar-refractivity contribution is -0.155. The summed E-state index contributed by atoms with van der Waals surface area (Å²) in [7, 11) is 0. The molecule has 0 fully saturated rings. The summed E-state index contributed by atoms with van der Waals surface area (Å²) in [6.07, 6.45) is 0.411. The van der Waals surface area contributed by atoms with E-state index >= 15 is 0 Å². The second-order valence-electron chi connectivity index (χ2n) is 8.99. The fourth-order valence-electron chi connectivity index (χ4n) is 4.13. The van der Waals surface area contributed by atoms with Crippen LogP contribution in [0.25, 0.3) is 10.9 Å². The zero-order valence-corrected chi connectivity index (χ0v) is 20.7. The average Bonchev–Trinajstić information content (AvgIpc) is 2.98. The van der Waals surface area contributed by atoms with E-state index in [4.69, 9.17) is 17.0 Å². The molecule has 174 valence electrons. The maximum atomic E-state index is 14.8. The average molecular weight is 539 g/mol. The molecule has 0 saturated heterocycles. The van der Waals surface area contributed by atoms with Crippen LogP contribution in [0, 0.1) is 17.5 Å². The van der Waals surface area contributed by atoms with Gasteiger partial charge >= 0.3 is 5.97 Å². The van der Waals surface area contributed by atoms with Crippen molar-refractivity contribution in [2.75, 3.05) is 6.54 Å². The molecule has 1 aliphatic rings. The summed E-state index contributed by atoms with van der Waals surface area (Å²) in [6.45, 7) is 5.62. The van der Waals surface area contributed by atoms with Crippen LogP contribution in [0.2, 0.25) is 0 Å². The van der Waals surface area contributed by atoms with Gasteiger partial charge < -0.3 is 14.2 Å². The molecule has 0 radical (unpaired) electrons. The largest absolute Gasteiger partial charge is 0.459 e. The van der Waals surface area contributed by atoms with Crippen molar-refractivity contribution >= 4 is 50.0 Å². The first-order valence-corrected chi connectivity index (χ1v) is 11.6. The Bertz CT molecular complexity index is 1280. The molecule has 0 bridgehead atoms. The van der Waals surface area contributed by atoms with Gasteiger partial charge in [-0.1, -0.05) is 34.2 Å². The number of nitrogens with zero attached hydrogens (tertiary/aromatic N) is 2. The van der Waals surface area contributed by atoms with Gasteiger partial charge in [-0.25, -0.2) is 13.2 Å². The van der Waals surface area contributed by atoms with Crippen molar-refractivity contribution in [3.8, 4) is 0 Å². The van der Waals surface area contributed by atoms with Gasteiger partial charge in [-0.3, -0.25) is 4.79 Å². The third-order valence-electron chi connectivity index (χ3n) is 5.39. The van der Waals surface area contributed by atoms with Gasteiger partial charge in [-0.05, 0) is 51.0 Å². The molecule has 0 unspecified atom stereocenters. The molecule has 0 atom stereocenters. The number of ether oxygens (including phenoxy) is 1. The summed E-state index contributed by atoms with van der Waals surface area (Å²) >= 11 is 8.97. The molecule has 2 aromatic carbocycles. The van der Waals surface area contributed by atoms with Crippen LogP contribution < -0.4 is 0 Å². The Morgan fingerprint density at radius 2 is 1.88 bits per heavy atom. The molecule has 9 heteroatoms. The van der Waals surface area contributed by atoms with Crippen LogP contribution >= 0.6 is 28.1 Å². The number of carbonyl (C=O) groups excluding carboxylic acids is 1. The number of rotatable bonds is 4. The third-order valence-corrected chi connectivity index (χ3v) is 6.33. The lowest BCUT2D eigenvalue weighted by Crippen LogP contribution is -2.38. The summed E-state index contributed by atoms with van der Waals surface area (Å²) in [5.41, 5.74) is 1.04. The van der Waals surface area contributed by atoms with E-state index in [0.717, 1.165) is 6.07 Å². The number of fused-ring (bicyclic) bond motifs is 3. The SMILES string of the molecule is CC(C)(C)OC(=O)Cn1c2c(c3c(F)cc(F)cc31)CCN(Cc1ccc(Br)cc1F)C2=S. The minimum atomic E-state index is -0.750. The first kappa shape index (κ1) is 23.8. The van der Waals surface area contributed by atoms with Crippen LogP contribution in [0.4, 0.5) is 13.2 Å². The number of hydrogen-bond donors (Lipinski definition) is 0. The Kier molecular flexibility index (Phi) is 6.30. The first-order chi connectivity index (χ1) is 15.4. The number of aromatic nitrogens is 1. The fraction of sp³-hybridized carbons (Fsp3) is 0.333. The van der Waals surface area contributed by atoms with Gasteiger partial charge in [0.2, 0.25) is 0 Å². The van der Waals surface area contributed by atoms with Crippen molar-refractivity contribution in [2.24, 2.45) is 0 Å². The Morgan fingerprint density at radius 1 is 1.15 bits per heavy atom. The molecule has 0 saturated carbocycles. The molecule has 1 aliphatic heterocycles. The highest BCUT2D eigenvalue weighted by Crippen LogP contribution is 2.34. The van der Waals surface area contributed by atoms with E-state index < -0.39 is 23.2 Å². The van der Waals surface area contributed by atoms with E-state index in [2.05, 4.69) is 15.9 Å². The highest BCUT2D eigenvalue weighted by Gasteiger charge is 2.31. The van der Waals surface area contributed by atoms with Crippen molar-refractivity contribution in [2.45, 2.75) is 45.9 Å². The standard InChI is InChI=1S/C24H22BrF3N2O2S/c1-24(2,3)32-20(31)12-30-19-10-15(26)9-18(28)21(19)16-6-7-29(23(33)22(16)30)11-13-4-5-14(25)8-17(13)27/h4-5,8-10H,6-7,11-12H2,1-3H3. The monoisotopic (exact) mass is 538 g/mol. The predicted octanol–water partition coefficient (Wildman–Crippen LogP) is 5.90. The third kappa shape index (κ3) is 4.80. The molecule has 3 aromatic rings. The molecular weight excluding hydrogens is 517 g/mol. The Hall–Kier alpha value is -2.39. The summed E-state index contributed by atoms with van der Waals surface area (Å²) < 4.78 is 51.0. The fourth-order valence-corrected chi connectivity index (χ4v) is 4.86. The second kappa shape index (κ2) is 8.76. The summed E-state index contributed by atoms with van der Waals surface area (Å²) in [5, 5.41) is 0.242. The van der Waals surface area contributed by atoms with Gasteiger partial charge in [0.15, 0.2) is 0 Å². The zero-order chi connectivity index (χ0) is 24.1. The van der Waals surface area contributed by atoms with Crippen molar-refractivity contribution < 1.29 is 22.7 Å². The minimum Gasteiger partial charge on any atom is -0.459 e. The molecule has 1 aromatic heterocycles. The van der Waals surface area contributed by atoms with E-state index in [0.29, 0.717) is 39.2 Å². The Morgan fingerprint density at radius 3 is 2.55 bits per heavy atom. The number of esters is 1. The van der Waals surface area contributed by atoms with Crippen LogP contribution in [0.1, 0.15) is 37.6 Å². The Balaban J connectivity index is 1.78. The molecule has 4 nitrogen and oxygen atoms in total. The molecule has 0 aliphatic carbocycles. The summed E-state index contributed by atoms with van der Waals surface area (Å²) in [4.78, 5) is 14.8. The Labute approximate surface area is 203 Å². The van der Waals surface area contributed by atoms with Gasteiger partial charge in [0.25, 0.3) is 0 Å². The quantitative estimate of drug-likeness (QED) is 0.306. The molecule has 33 heavy (non-hydrogen) atoms. The van der Waals surface area contributed by atoms with Gasteiger partial charge in [0.05, 0.1) is 11.2 Å². The van der Waals surface area contributed by atoms with E-state index in [1.165, 1.54) is 16.7 Å². The summed E-state index contributed by atoms with van der Waals surface area (Å²) in [5.74, 6) is -2.38. The maximum Gasteiger partial charge on any atom is 0.326 e. The number of hydrogen-bond acceptors (Lipinski definition) is 3. The summed E-state index contributed by atoms with van der Waals surface area (Å²) in [6, 6.07) is 6.82. The molecule has 0 spiro atoms. The minimum absolute atomic E-state index is 0.211. The molecule has 2 heterocycles. The lowest BCUT2D eigenvalue weighted by atomic mass is 10.0. The number of benzene rings is 2. The van der Waals surface area contributed by atoms with E-state index in [1.54, 1.807) is 32.9 Å². The van der Waals surface area contributed by atoms with Crippen molar-refractivity contribution in [1.29, 1.82) is 0 Å². The first-order valence-electron chi connectivity index (χ1n) is 10.4. The van der Waals surface area contributed by atoms with Crippen LogP contribution in [0.15, 0.2) is 34.8 Å². The highest BCUT2D eigenvalue weighted by molar-refractivity contribution is 9.10. The van der Waals surface area contributed by atoms with Crippen LogP contribution in [0.5, 0.6) is 0 Å². The number of thiocarbonyl (C=S) groups is 1. The van der Waals surface area contributed by atoms with Crippen molar-refractivity contribution in [3.05, 3.63) is 69.1 Å². The predicted molar refractivity (Wildman–Crippen MR) is 128 cm³/mol. The van der Waals surface area contributed by atoms with Crippen LogP contribution in [-0.4, -0.2) is 32.6 Å². The van der Waals surface area contributed by atoms with Crippen molar-refractivity contribution in [3.63, 3.8) is 0 Å². The smallest absolute Gasteiger partial charge is 0.326 e. The topological polar surface area (TPSA) is 34.5 Å². The van der Waals surface area contributed by atoms with Crippen LogP contribution in [-0.2, 0) is 29.0 Å². The van der Waals surface area contributed by atoms with Crippen molar-refractivity contribution in [1.82, 2.24) is 9.47 Å². The number of carbonyl (C=O) groups is 1. The normalized spacial score (nSPS) is 14.0.